The number of carbonyl (C=O) groups excluding carboxylic acids is 2. The first-order valence-corrected chi connectivity index (χ1v) is 13.0. The SMILES string of the molecule is O=C(Nc1ccc(O)c(-c2cc(C3CCCC3)n(C(=O)NCc3ccc(Cl)c(Cl)c3)n2)c1)c1ccncc1. The number of amides is 2. The molecule has 5 rings (SSSR count). The number of anilines is 1. The lowest BCUT2D eigenvalue weighted by Gasteiger charge is -2.12. The van der Waals surface area contributed by atoms with E-state index in [4.69, 9.17) is 23.2 Å². The van der Waals surface area contributed by atoms with Crippen LogP contribution in [-0.2, 0) is 6.54 Å². The van der Waals surface area contributed by atoms with E-state index in [-0.39, 0.29) is 30.2 Å². The summed E-state index contributed by atoms with van der Waals surface area (Å²) in [6.45, 7) is 0.247. The highest BCUT2D eigenvalue weighted by Gasteiger charge is 2.26. The summed E-state index contributed by atoms with van der Waals surface area (Å²) < 4.78 is 1.38. The largest absolute Gasteiger partial charge is 0.507 e. The average molecular weight is 550 g/mol. The van der Waals surface area contributed by atoms with Gasteiger partial charge in [0.05, 0.1) is 21.4 Å². The van der Waals surface area contributed by atoms with E-state index in [9.17, 15) is 14.7 Å². The zero-order valence-electron chi connectivity index (χ0n) is 20.3. The predicted molar refractivity (Wildman–Crippen MR) is 147 cm³/mol. The summed E-state index contributed by atoms with van der Waals surface area (Å²) in [6, 6.07) is 14.6. The second kappa shape index (κ2) is 11.2. The van der Waals surface area contributed by atoms with Crippen LogP contribution in [-0.4, -0.2) is 31.8 Å². The van der Waals surface area contributed by atoms with Gasteiger partial charge in [-0.3, -0.25) is 9.78 Å². The maximum atomic E-state index is 13.3. The van der Waals surface area contributed by atoms with E-state index in [2.05, 4.69) is 20.7 Å². The van der Waals surface area contributed by atoms with Crippen molar-refractivity contribution in [1.82, 2.24) is 20.1 Å². The number of hydrogen-bond acceptors (Lipinski definition) is 5. The number of rotatable bonds is 6. The number of nitrogens with one attached hydrogen (secondary N) is 2. The lowest BCUT2D eigenvalue weighted by molar-refractivity contribution is 0.102. The molecule has 0 atom stereocenters. The molecule has 2 amide bonds. The summed E-state index contributed by atoms with van der Waals surface area (Å²) >= 11 is 12.1. The highest BCUT2D eigenvalue weighted by atomic mass is 35.5. The highest BCUT2D eigenvalue weighted by Crippen LogP contribution is 2.38. The number of carbonyl (C=O) groups is 2. The lowest BCUT2D eigenvalue weighted by atomic mass is 10.0. The molecule has 0 saturated heterocycles. The van der Waals surface area contributed by atoms with E-state index in [1.54, 1.807) is 54.9 Å². The molecule has 1 fully saturated rings. The van der Waals surface area contributed by atoms with Crippen molar-refractivity contribution < 1.29 is 14.7 Å². The first-order chi connectivity index (χ1) is 18.4. The summed E-state index contributed by atoms with van der Waals surface area (Å²) in [5.74, 6) is -0.127. The van der Waals surface area contributed by atoms with E-state index in [1.807, 2.05) is 6.07 Å². The Morgan fingerprint density at radius 3 is 2.47 bits per heavy atom. The van der Waals surface area contributed by atoms with E-state index in [0.29, 0.717) is 32.6 Å². The van der Waals surface area contributed by atoms with Gasteiger partial charge >= 0.3 is 6.03 Å². The quantitative estimate of drug-likeness (QED) is 0.234. The van der Waals surface area contributed by atoms with Crippen molar-refractivity contribution in [2.24, 2.45) is 0 Å². The molecule has 1 aliphatic carbocycles. The Hall–Kier alpha value is -3.88. The number of aromatic nitrogens is 3. The molecule has 38 heavy (non-hydrogen) atoms. The number of nitrogens with zero attached hydrogens (tertiary/aromatic N) is 3. The lowest BCUT2D eigenvalue weighted by Crippen LogP contribution is -2.30. The number of phenolic OH excluding ortho intramolecular Hbond substituents is 1. The Bertz CT molecular complexity index is 1480. The van der Waals surface area contributed by atoms with Gasteiger partial charge in [0.2, 0.25) is 0 Å². The molecule has 0 unspecified atom stereocenters. The fourth-order valence-corrected chi connectivity index (χ4v) is 4.95. The summed E-state index contributed by atoms with van der Waals surface area (Å²) in [5, 5.41) is 21.8. The Balaban J connectivity index is 1.42. The van der Waals surface area contributed by atoms with Crippen LogP contribution >= 0.6 is 23.2 Å². The number of benzene rings is 2. The first kappa shape index (κ1) is 25.8. The van der Waals surface area contributed by atoms with Crippen LogP contribution < -0.4 is 10.6 Å². The zero-order chi connectivity index (χ0) is 26.6. The van der Waals surface area contributed by atoms with Gasteiger partial charge in [0, 0.05) is 41.7 Å². The number of hydrogen-bond donors (Lipinski definition) is 3. The minimum atomic E-state index is -0.383. The fourth-order valence-electron chi connectivity index (χ4n) is 4.63. The van der Waals surface area contributed by atoms with Crippen LogP contribution in [0, 0.1) is 0 Å². The Morgan fingerprint density at radius 2 is 1.74 bits per heavy atom. The second-order valence-electron chi connectivity index (χ2n) is 9.18. The zero-order valence-corrected chi connectivity index (χ0v) is 21.8. The highest BCUT2D eigenvalue weighted by molar-refractivity contribution is 6.42. The van der Waals surface area contributed by atoms with Gasteiger partial charge in [-0.2, -0.15) is 9.78 Å². The average Bonchev–Trinajstić information content (AvgIpc) is 3.61. The molecule has 1 saturated carbocycles. The monoisotopic (exact) mass is 549 g/mol. The topological polar surface area (TPSA) is 109 Å². The molecule has 8 nitrogen and oxygen atoms in total. The molecule has 10 heteroatoms. The van der Waals surface area contributed by atoms with Gasteiger partial charge in [-0.05, 0) is 66.9 Å². The third-order valence-electron chi connectivity index (χ3n) is 6.60. The molecule has 1 aliphatic rings. The Labute approximate surface area is 229 Å². The van der Waals surface area contributed by atoms with Gasteiger partial charge in [-0.1, -0.05) is 42.1 Å². The fraction of sp³-hybridized carbons (Fsp3) is 0.214. The van der Waals surface area contributed by atoms with E-state index in [1.165, 1.54) is 10.7 Å². The van der Waals surface area contributed by atoms with Crippen molar-refractivity contribution in [3.8, 4) is 17.0 Å². The molecule has 2 heterocycles. The Morgan fingerprint density at radius 1 is 0.974 bits per heavy atom. The van der Waals surface area contributed by atoms with Crippen LogP contribution in [0.2, 0.25) is 10.0 Å². The third-order valence-corrected chi connectivity index (χ3v) is 7.34. The van der Waals surface area contributed by atoms with Crippen LogP contribution in [0.15, 0.2) is 67.0 Å². The molecule has 4 aromatic rings. The molecule has 0 radical (unpaired) electrons. The van der Waals surface area contributed by atoms with E-state index < -0.39 is 0 Å². The summed E-state index contributed by atoms with van der Waals surface area (Å²) in [6.07, 6.45) is 7.16. The van der Waals surface area contributed by atoms with Crippen molar-refractivity contribution in [3.63, 3.8) is 0 Å². The maximum absolute atomic E-state index is 13.3. The summed E-state index contributed by atoms with van der Waals surface area (Å²) in [4.78, 5) is 29.8. The van der Waals surface area contributed by atoms with Gasteiger partial charge in [-0.25, -0.2) is 4.79 Å². The van der Waals surface area contributed by atoms with E-state index >= 15 is 0 Å². The molecule has 0 aliphatic heterocycles. The first-order valence-electron chi connectivity index (χ1n) is 12.3. The standard InChI is InChI=1S/C28H25Cl2N5O3/c29-22-7-5-17(13-23(22)30)16-32-28(38)35-25(18-3-1-2-4-18)15-24(34-35)21-14-20(6-8-26(21)36)33-27(37)19-9-11-31-12-10-19/h5-15,18,36H,1-4,16H2,(H,32,38)(H,33,37). The second-order valence-corrected chi connectivity index (χ2v) is 9.99. The number of phenols is 1. The van der Waals surface area contributed by atoms with Gasteiger partial charge in [-0.15, -0.1) is 0 Å². The van der Waals surface area contributed by atoms with Crippen LogP contribution in [0.5, 0.6) is 5.75 Å². The van der Waals surface area contributed by atoms with E-state index in [0.717, 1.165) is 36.9 Å². The number of halogens is 2. The van der Waals surface area contributed by atoms with Gasteiger partial charge in [0.1, 0.15) is 5.75 Å². The molecular formula is C28H25Cl2N5O3. The van der Waals surface area contributed by atoms with Crippen LogP contribution in [0.25, 0.3) is 11.3 Å². The smallest absolute Gasteiger partial charge is 0.342 e. The van der Waals surface area contributed by atoms with Crippen molar-refractivity contribution in [2.75, 3.05) is 5.32 Å². The maximum Gasteiger partial charge on any atom is 0.342 e. The minimum Gasteiger partial charge on any atom is -0.507 e. The van der Waals surface area contributed by atoms with Crippen molar-refractivity contribution in [3.05, 3.63) is 93.9 Å². The summed E-state index contributed by atoms with van der Waals surface area (Å²) in [5.41, 5.74) is 3.39. The molecule has 0 bridgehead atoms. The van der Waals surface area contributed by atoms with Crippen molar-refractivity contribution in [1.29, 1.82) is 0 Å². The van der Waals surface area contributed by atoms with Crippen LogP contribution in [0.1, 0.15) is 53.2 Å². The predicted octanol–water partition coefficient (Wildman–Crippen LogP) is 6.63. The van der Waals surface area contributed by atoms with Crippen LogP contribution in [0.3, 0.4) is 0 Å². The summed E-state index contributed by atoms with van der Waals surface area (Å²) in [7, 11) is 0. The third kappa shape index (κ3) is 5.66. The van der Waals surface area contributed by atoms with Crippen molar-refractivity contribution in [2.45, 2.75) is 38.1 Å². The Kier molecular flexibility index (Phi) is 7.62. The molecule has 2 aromatic heterocycles. The molecular weight excluding hydrogens is 525 g/mol. The van der Waals surface area contributed by atoms with Crippen LogP contribution in [0.4, 0.5) is 10.5 Å². The number of aromatic hydroxyl groups is 1. The molecule has 0 spiro atoms. The minimum absolute atomic E-state index is 0.00857. The normalized spacial score (nSPS) is 13.4. The molecule has 3 N–H and O–H groups in total. The van der Waals surface area contributed by atoms with Crippen molar-refractivity contribution >= 4 is 40.8 Å². The number of pyridine rings is 1. The van der Waals surface area contributed by atoms with Gasteiger partial charge < -0.3 is 15.7 Å². The van der Waals surface area contributed by atoms with Gasteiger partial charge in [0.25, 0.3) is 5.91 Å². The molecule has 194 valence electrons. The molecule has 2 aromatic carbocycles. The van der Waals surface area contributed by atoms with Gasteiger partial charge in [0.15, 0.2) is 0 Å².